The van der Waals surface area contributed by atoms with Gasteiger partial charge in [0.05, 0.1) is 0 Å². The Morgan fingerprint density at radius 1 is 1.42 bits per heavy atom. The summed E-state index contributed by atoms with van der Waals surface area (Å²) in [6.07, 6.45) is 0. The van der Waals surface area contributed by atoms with Gasteiger partial charge in [0.25, 0.3) is 0 Å². The van der Waals surface area contributed by atoms with Crippen molar-refractivity contribution >= 4 is 16.3 Å². The molecule has 2 fully saturated rings. The third kappa shape index (κ3) is 1.44. The third-order valence-corrected chi connectivity index (χ3v) is 3.80. The SMILES string of the molecule is CC(C)N1C[C@@H]2C(N[CH2][AlH2])[C@@H]2C1. The van der Waals surface area contributed by atoms with Crippen LogP contribution in [0.15, 0.2) is 0 Å². The van der Waals surface area contributed by atoms with Crippen LogP contribution < -0.4 is 5.32 Å². The lowest BCUT2D eigenvalue weighted by Gasteiger charge is -2.23. The van der Waals surface area contributed by atoms with Crippen LogP contribution in [0.4, 0.5) is 0 Å². The molecule has 1 saturated heterocycles. The first-order valence-electron chi connectivity index (χ1n) is 5.21. The molecule has 2 aliphatic rings. The van der Waals surface area contributed by atoms with Crippen molar-refractivity contribution in [3.63, 3.8) is 0 Å². The van der Waals surface area contributed by atoms with Gasteiger partial charge in [0, 0.05) is 25.2 Å². The molecule has 3 heteroatoms. The standard InChI is InChI=1S/C9H17N2.Al.2H/c1-6(2)11-4-7-8(5-11)9(7)10-3;;;/h6-10H,3-5H2,1-2H3;;;/t7-,8+,9?;;;. The molecular formula is C9H19AlN2. The first-order valence-corrected chi connectivity index (χ1v) is 6.63. The van der Waals surface area contributed by atoms with Crippen LogP contribution in [0.2, 0.25) is 0 Å². The van der Waals surface area contributed by atoms with Gasteiger partial charge in [-0.3, -0.25) is 0 Å². The summed E-state index contributed by atoms with van der Waals surface area (Å²) in [6, 6.07) is 1.66. The zero-order chi connectivity index (χ0) is 8.72. The molecule has 0 aromatic heterocycles. The molecule has 0 radical (unpaired) electrons. The topological polar surface area (TPSA) is 15.3 Å². The maximum Gasteiger partial charge on any atom is 0.233 e. The van der Waals surface area contributed by atoms with Crippen LogP contribution in [-0.2, 0) is 0 Å². The lowest BCUT2D eigenvalue weighted by Crippen LogP contribution is -2.35. The summed E-state index contributed by atoms with van der Waals surface area (Å²) in [5, 5.41) is 4.89. The molecule has 3 atom stereocenters. The van der Waals surface area contributed by atoms with Gasteiger partial charge in [0.15, 0.2) is 0 Å². The maximum atomic E-state index is 3.62. The fourth-order valence-corrected chi connectivity index (χ4v) is 2.99. The minimum absolute atomic E-state index is 0.759. The van der Waals surface area contributed by atoms with E-state index in [9.17, 15) is 0 Å². The third-order valence-electron chi connectivity index (χ3n) is 3.39. The fraction of sp³-hybridized carbons (Fsp3) is 1.00. The van der Waals surface area contributed by atoms with Crippen LogP contribution in [0.5, 0.6) is 0 Å². The van der Waals surface area contributed by atoms with E-state index < -0.39 is 0 Å². The minimum Gasteiger partial charge on any atom is -0.327 e. The van der Waals surface area contributed by atoms with E-state index >= 15 is 0 Å². The smallest absolute Gasteiger partial charge is 0.233 e. The Kier molecular flexibility index (Phi) is 2.49. The second-order valence-electron chi connectivity index (χ2n) is 4.46. The van der Waals surface area contributed by atoms with Gasteiger partial charge in [-0.05, 0) is 25.7 Å². The van der Waals surface area contributed by atoms with E-state index in [1.54, 1.807) is 0 Å². The molecule has 1 unspecified atom stereocenters. The van der Waals surface area contributed by atoms with Crippen LogP contribution in [0.25, 0.3) is 0 Å². The van der Waals surface area contributed by atoms with E-state index in [0.717, 1.165) is 23.9 Å². The number of fused-ring (bicyclic) bond motifs is 1. The van der Waals surface area contributed by atoms with Gasteiger partial charge < -0.3 is 10.2 Å². The lowest BCUT2D eigenvalue weighted by atomic mass is 10.3. The van der Waals surface area contributed by atoms with Crippen molar-refractivity contribution in [3.8, 4) is 0 Å². The van der Waals surface area contributed by atoms with E-state index in [4.69, 9.17) is 0 Å². The van der Waals surface area contributed by atoms with Crippen LogP contribution in [0, 0.1) is 11.8 Å². The number of hydrogen-bond donors (Lipinski definition) is 1. The maximum absolute atomic E-state index is 3.62. The van der Waals surface area contributed by atoms with E-state index in [-0.39, 0.29) is 0 Å². The molecule has 2 nitrogen and oxygen atoms in total. The second kappa shape index (κ2) is 3.31. The van der Waals surface area contributed by atoms with E-state index in [1.807, 2.05) is 0 Å². The highest BCUT2D eigenvalue weighted by molar-refractivity contribution is 6.08. The van der Waals surface area contributed by atoms with Gasteiger partial charge in [0.1, 0.15) is 0 Å². The van der Waals surface area contributed by atoms with Crippen LogP contribution in [0.1, 0.15) is 13.8 Å². The summed E-state index contributed by atoms with van der Waals surface area (Å²) >= 11 is 1.30. The first-order chi connectivity index (χ1) is 5.74. The number of nitrogens with one attached hydrogen (secondary N) is 1. The van der Waals surface area contributed by atoms with Crippen LogP contribution in [0.3, 0.4) is 0 Å². The molecule has 68 valence electrons. The zero-order valence-electron chi connectivity index (χ0n) is 8.38. The Bertz CT molecular complexity index is 160. The average Bonchev–Trinajstić information content (AvgIpc) is 2.51. The van der Waals surface area contributed by atoms with Gasteiger partial charge in [-0.2, -0.15) is 0 Å². The van der Waals surface area contributed by atoms with Gasteiger partial charge in [-0.15, -0.1) is 0 Å². The molecule has 0 aromatic rings. The molecule has 0 bridgehead atoms. The van der Waals surface area contributed by atoms with E-state index in [1.165, 1.54) is 34.8 Å². The van der Waals surface area contributed by atoms with E-state index in [2.05, 4.69) is 24.1 Å². The summed E-state index contributed by atoms with van der Waals surface area (Å²) in [7, 11) is 0. The van der Waals surface area contributed by atoms with Gasteiger partial charge >= 0.3 is 0 Å². The molecule has 1 aliphatic heterocycles. The van der Waals surface area contributed by atoms with Crippen molar-refractivity contribution in [2.45, 2.75) is 25.9 Å². The molecule has 2 rings (SSSR count). The summed E-state index contributed by atoms with van der Waals surface area (Å²) in [6.45, 7) is 7.31. The Morgan fingerprint density at radius 3 is 2.42 bits per heavy atom. The van der Waals surface area contributed by atoms with Gasteiger partial charge in [-0.1, -0.05) is 5.41 Å². The number of nitrogens with zero attached hydrogens (tertiary/aromatic N) is 1. The van der Waals surface area contributed by atoms with Crippen molar-refractivity contribution in [2.24, 2.45) is 11.8 Å². The highest BCUT2D eigenvalue weighted by Gasteiger charge is 2.55. The predicted molar refractivity (Wildman–Crippen MR) is 54.0 cm³/mol. The quantitative estimate of drug-likeness (QED) is 0.592. The van der Waals surface area contributed by atoms with Gasteiger partial charge in [0.2, 0.25) is 16.3 Å². The molecule has 1 saturated carbocycles. The van der Waals surface area contributed by atoms with Crippen molar-refractivity contribution in [1.29, 1.82) is 0 Å². The molecule has 0 spiro atoms. The largest absolute Gasteiger partial charge is 0.327 e. The summed E-state index contributed by atoms with van der Waals surface area (Å²) in [5.41, 5.74) is 0. The number of hydrogen-bond acceptors (Lipinski definition) is 2. The minimum atomic E-state index is 0.759. The fourth-order valence-electron chi connectivity index (χ4n) is 2.52. The van der Waals surface area contributed by atoms with Crippen molar-refractivity contribution in [1.82, 2.24) is 10.2 Å². The molecule has 0 aromatic carbocycles. The monoisotopic (exact) mass is 182 g/mol. The predicted octanol–water partition coefficient (Wildman–Crippen LogP) is -0.495. The molecule has 1 aliphatic carbocycles. The molecule has 0 amide bonds. The molecule has 1 N–H and O–H groups in total. The normalized spacial score (nSPS) is 40.4. The molecular weight excluding hydrogens is 163 g/mol. The zero-order valence-corrected chi connectivity index (χ0v) is 10.4. The first kappa shape index (κ1) is 9.03. The Hall–Kier alpha value is 0.452. The highest BCUT2D eigenvalue weighted by atomic mass is 27.0. The molecule has 1 heterocycles. The number of piperidine rings is 1. The molecule has 12 heavy (non-hydrogen) atoms. The lowest BCUT2D eigenvalue weighted by molar-refractivity contribution is 0.239. The number of rotatable bonds is 3. The summed E-state index contributed by atoms with van der Waals surface area (Å²) < 4.78 is 0. The summed E-state index contributed by atoms with van der Waals surface area (Å²) in [4.78, 5) is 2.61. The Morgan fingerprint density at radius 2 is 2.00 bits per heavy atom. The summed E-state index contributed by atoms with van der Waals surface area (Å²) in [5.74, 6) is 2.00. The second-order valence-corrected chi connectivity index (χ2v) is 5.17. The van der Waals surface area contributed by atoms with Crippen LogP contribution >= 0.6 is 0 Å². The van der Waals surface area contributed by atoms with Crippen molar-refractivity contribution in [2.75, 3.05) is 18.5 Å². The van der Waals surface area contributed by atoms with Gasteiger partial charge in [-0.25, -0.2) is 0 Å². The average molecular weight is 182 g/mol. The van der Waals surface area contributed by atoms with Crippen LogP contribution in [-0.4, -0.2) is 51.8 Å². The highest BCUT2D eigenvalue weighted by Crippen LogP contribution is 2.45. The Balaban J connectivity index is 1.78. The Labute approximate surface area is 83.1 Å². The van der Waals surface area contributed by atoms with Crippen molar-refractivity contribution in [3.05, 3.63) is 0 Å². The van der Waals surface area contributed by atoms with E-state index in [0.29, 0.717) is 0 Å². The number of likely N-dealkylation sites (tertiary alicyclic amines) is 1. The van der Waals surface area contributed by atoms with Crippen molar-refractivity contribution < 1.29 is 0 Å².